The second-order valence-electron chi connectivity index (χ2n) is 8.15. The van der Waals surface area contributed by atoms with Gasteiger partial charge >= 0.3 is 0 Å². The van der Waals surface area contributed by atoms with E-state index in [0.717, 1.165) is 0 Å². The van der Waals surface area contributed by atoms with Gasteiger partial charge in [-0.1, -0.05) is 19.1 Å². The van der Waals surface area contributed by atoms with Gasteiger partial charge in [-0.05, 0) is 24.6 Å². The summed E-state index contributed by atoms with van der Waals surface area (Å²) in [5, 5.41) is 33.7. The van der Waals surface area contributed by atoms with Gasteiger partial charge in [-0.25, -0.2) is 0 Å². The van der Waals surface area contributed by atoms with E-state index in [-0.39, 0.29) is 17.6 Å². The molecule has 0 radical (unpaired) electrons. The van der Waals surface area contributed by atoms with Crippen molar-refractivity contribution in [3.05, 3.63) is 41.5 Å². The SMILES string of the molecule is CCCN1C(=O)c2cccc3c(OC4O[C@@H](CO)[C@H](O)[C@@H](O)[C@@H]4NC(C)=O)ccc(c23)C1=O. The van der Waals surface area contributed by atoms with Crippen molar-refractivity contribution < 1.29 is 39.2 Å². The normalized spacial score (nSPS) is 27.1. The first kappa shape index (κ1) is 23.1. The number of hydrogen-bond donors (Lipinski definition) is 4. The number of carbonyl (C=O) groups is 3. The number of nitrogens with one attached hydrogen (secondary N) is 1. The Morgan fingerprint density at radius 2 is 1.82 bits per heavy atom. The lowest BCUT2D eigenvalue weighted by Crippen LogP contribution is -2.65. The predicted molar refractivity (Wildman–Crippen MR) is 116 cm³/mol. The van der Waals surface area contributed by atoms with Gasteiger partial charge in [0.2, 0.25) is 12.2 Å². The largest absolute Gasteiger partial charge is 0.462 e. The summed E-state index contributed by atoms with van der Waals surface area (Å²) in [5.74, 6) is -1.00. The third kappa shape index (κ3) is 3.95. The van der Waals surface area contributed by atoms with Gasteiger partial charge < -0.3 is 30.1 Å². The lowest BCUT2D eigenvalue weighted by atomic mass is 9.93. The first-order valence-electron chi connectivity index (χ1n) is 10.8. The minimum Gasteiger partial charge on any atom is -0.462 e. The molecule has 176 valence electrons. The van der Waals surface area contributed by atoms with Crippen LogP contribution in [0.2, 0.25) is 0 Å². The first-order valence-corrected chi connectivity index (χ1v) is 10.8. The van der Waals surface area contributed by atoms with Crippen molar-refractivity contribution in [3.8, 4) is 5.75 Å². The fourth-order valence-corrected chi connectivity index (χ4v) is 4.35. The van der Waals surface area contributed by atoms with E-state index in [1.54, 1.807) is 30.3 Å². The van der Waals surface area contributed by atoms with Gasteiger partial charge in [-0.2, -0.15) is 0 Å². The molecule has 1 unspecified atom stereocenters. The highest BCUT2D eigenvalue weighted by Gasteiger charge is 2.46. The summed E-state index contributed by atoms with van der Waals surface area (Å²) < 4.78 is 11.6. The molecular formula is C23H26N2O8. The number of ether oxygens (including phenoxy) is 2. The minimum atomic E-state index is -1.46. The number of nitrogens with zero attached hydrogens (tertiary/aromatic N) is 1. The zero-order valence-electron chi connectivity index (χ0n) is 18.2. The van der Waals surface area contributed by atoms with Gasteiger partial charge in [0.25, 0.3) is 11.8 Å². The monoisotopic (exact) mass is 458 g/mol. The Labute approximate surface area is 189 Å². The van der Waals surface area contributed by atoms with Gasteiger partial charge in [-0.15, -0.1) is 0 Å². The molecule has 5 atom stereocenters. The summed E-state index contributed by atoms with van der Waals surface area (Å²) in [6, 6.07) is 7.00. The predicted octanol–water partition coefficient (Wildman–Crippen LogP) is 0.168. The van der Waals surface area contributed by atoms with Gasteiger partial charge in [0.1, 0.15) is 30.1 Å². The number of amides is 3. The maximum Gasteiger partial charge on any atom is 0.261 e. The van der Waals surface area contributed by atoms with Crippen molar-refractivity contribution in [1.29, 1.82) is 0 Å². The maximum atomic E-state index is 12.9. The van der Waals surface area contributed by atoms with Crippen LogP contribution in [0.25, 0.3) is 10.8 Å². The molecule has 33 heavy (non-hydrogen) atoms. The summed E-state index contributed by atoms with van der Waals surface area (Å²) in [6.45, 7) is 2.86. The zero-order chi connectivity index (χ0) is 23.9. The third-order valence-corrected chi connectivity index (χ3v) is 5.89. The van der Waals surface area contributed by atoms with Gasteiger partial charge in [-0.3, -0.25) is 19.3 Å². The van der Waals surface area contributed by atoms with Crippen LogP contribution in [0.1, 0.15) is 41.0 Å². The minimum absolute atomic E-state index is 0.251. The average Bonchev–Trinajstić information content (AvgIpc) is 2.80. The molecule has 4 rings (SSSR count). The molecule has 3 amide bonds. The van der Waals surface area contributed by atoms with Crippen LogP contribution in [0.15, 0.2) is 30.3 Å². The number of hydrogen-bond acceptors (Lipinski definition) is 8. The fourth-order valence-electron chi connectivity index (χ4n) is 4.35. The Bertz CT molecular complexity index is 1080. The fraction of sp³-hybridized carbons (Fsp3) is 0.435. The van der Waals surface area contributed by atoms with Crippen molar-refractivity contribution >= 4 is 28.5 Å². The molecule has 4 N–H and O–H groups in total. The van der Waals surface area contributed by atoms with E-state index in [1.807, 2.05) is 6.92 Å². The maximum absolute atomic E-state index is 12.9. The molecule has 2 aromatic rings. The Morgan fingerprint density at radius 3 is 2.45 bits per heavy atom. The van der Waals surface area contributed by atoms with Crippen LogP contribution in [0, 0.1) is 0 Å². The standard InChI is InChI=1S/C23H26N2O8/c1-3-9-25-21(30)13-6-4-5-12-15(8-7-14(17(12)13)22(25)31)32-23-18(24-11(2)27)20(29)19(28)16(10-26)33-23/h4-8,16,18-20,23,26,28-29H,3,9-10H2,1-2H3,(H,24,27)/t16-,18-,19-,20-,23?/m0/s1. The highest BCUT2D eigenvalue weighted by molar-refractivity contribution is 6.26. The molecular weight excluding hydrogens is 432 g/mol. The molecule has 1 saturated heterocycles. The van der Waals surface area contributed by atoms with Crippen molar-refractivity contribution in [2.75, 3.05) is 13.2 Å². The van der Waals surface area contributed by atoms with E-state index in [0.29, 0.717) is 34.9 Å². The second kappa shape index (κ2) is 9.06. The van der Waals surface area contributed by atoms with Crippen molar-refractivity contribution in [3.63, 3.8) is 0 Å². The number of aliphatic hydroxyl groups excluding tert-OH is 3. The Kier molecular flexibility index (Phi) is 6.35. The van der Waals surface area contributed by atoms with Crippen molar-refractivity contribution in [2.45, 2.75) is 50.9 Å². The summed E-state index contributed by atoms with van der Waals surface area (Å²) in [6.07, 6.45) is -4.67. The lowest BCUT2D eigenvalue weighted by molar-refractivity contribution is -0.244. The van der Waals surface area contributed by atoms with Crippen LogP contribution < -0.4 is 10.1 Å². The van der Waals surface area contributed by atoms with E-state index >= 15 is 0 Å². The highest BCUT2D eigenvalue weighted by Crippen LogP contribution is 2.37. The molecule has 2 aliphatic heterocycles. The molecule has 2 heterocycles. The van der Waals surface area contributed by atoms with Gasteiger partial charge in [0.05, 0.1) is 6.61 Å². The van der Waals surface area contributed by atoms with Gasteiger partial charge in [0.15, 0.2) is 0 Å². The third-order valence-electron chi connectivity index (χ3n) is 5.89. The molecule has 10 heteroatoms. The lowest BCUT2D eigenvalue weighted by Gasteiger charge is -2.42. The first-order chi connectivity index (χ1) is 15.8. The Balaban J connectivity index is 1.75. The van der Waals surface area contributed by atoms with Crippen LogP contribution in [0.5, 0.6) is 5.75 Å². The quantitative estimate of drug-likeness (QED) is 0.448. The van der Waals surface area contributed by atoms with Crippen LogP contribution in [0.3, 0.4) is 0 Å². The van der Waals surface area contributed by atoms with Crippen LogP contribution in [-0.2, 0) is 9.53 Å². The summed E-state index contributed by atoms with van der Waals surface area (Å²) in [4.78, 5) is 38.8. The molecule has 0 aliphatic carbocycles. The zero-order valence-corrected chi connectivity index (χ0v) is 18.2. The molecule has 1 fully saturated rings. The summed E-state index contributed by atoms with van der Waals surface area (Å²) in [7, 11) is 0. The second-order valence-corrected chi connectivity index (χ2v) is 8.15. The van der Waals surface area contributed by atoms with E-state index in [2.05, 4.69) is 5.32 Å². The number of benzene rings is 2. The molecule has 10 nitrogen and oxygen atoms in total. The smallest absolute Gasteiger partial charge is 0.261 e. The number of carbonyl (C=O) groups excluding carboxylic acids is 3. The molecule has 2 aromatic carbocycles. The molecule has 0 saturated carbocycles. The number of rotatable bonds is 6. The van der Waals surface area contributed by atoms with E-state index in [1.165, 1.54) is 11.8 Å². The van der Waals surface area contributed by atoms with E-state index in [4.69, 9.17) is 9.47 Å². The Morgan fingerprint density at radius 1 is 1.12 bits per heavy atom. The topological polar surface area (TPSA) is 146 Å². The average molecular weight is 458 g/mol. The van der Waals surface area contributed by atoms with Gasteiger partial charge in [0, 0.05) is 35.4 Å². The van der Waals surface area contributed by atoms with E-state index < -0.39 is 43.2 Å². The number of imide groups is 1. The van der Waals surface area contributed by atoms with Crippen molar-refractivity contribution in [2.24, 2.45) is 0 Å². The van der Waals surface area contributed by atoms with E-state index in [9.17, 15) is 29.7 Å². The highest BCUT2D eigenvalue weighted by atomic mass is 16.7. The van der Waals surface area contributed by atoms with Crippen LogP contribution >= 0.6 is 0 Å². The molecule has 0 bridgehead atoms. The van der Waals surface area contributed by atoms with Crippen molar-refractivity contribution in [1.82, 2.24) is 10.2 Å². The molecule has 0 spiro atoms. The molecule has 2 aliphatic rings. The number of aliphatic hydroxyl groups is 3. The summed E-state index contributed by atoms with van der Waals surface area (Å²) in [5.41, 5.74) is 0.736. The van der Waals surface area contributed by atoms with Crippen LogP contribution in [-0.4, -0.2) is 81.7 Å². The molecule has 0 aromatic heterocycles. The summed E-state index contributed by atoms with van der Waals surface area (Å²) >= 11 is 0. The Hall–Kier alpha value is -3.05. The van der Waals surface area contributed by atoms with Crippen LogP contribution in [0.4, 0.5) is 0 Å².